The number of carbonyl (C=O) groups is 2. The van der Waals surface area contributed by atoms with Crippen molar-refractivity contribution in [3.63, 3.8) is 0 Å². The Hall–Kier alpha value is -3.03. The number of halogens is 3. The molecule has 0 aromatic heterocycles. The zero-order chi connectivity index (χ0) is 20.6. The molecular formula is C20H20F3NO4. The van der Waals surface area contributed by atoms with Crippen LogP contribution >= 0.6 is 0 Å². The highest BCUT2D eigenvalue weighted by atomic mass is 19.4. The van der Waals surface area contributed by atoms with Gasteiger partial charge in [-0.2, -0.15) is 13.2 Å². The fraction of sp³-hybridized carbons (Fsp3) is 0.300. The van der Waals surface area contributed by atoms with E-state index in [-0.39, 0.29) is 25.3 Å². The average Bonchev–Trinajstić information content (AvgIpc) is 2.67. The number of benzene rings is 2. The summed E-state index contributed by atoms with van der Waals surface area (Å²) in [4.78, 5) is 24.1. The second-order valence-corrected chi connectivity index (χ2v) is 5.87. The van der Waals surface area contributed by atoms with Crippen molar-refractivity contribution in [2.24, 2.45) is 0 Å². The zero-order valence-electron chi connectivity index (χ0n) is 15.2. The number of hydrogen-bond donors (Lipinski definition) is 1. The molecule has 0 saturated heterocycles. The number of amides is 1. The first-order valence-electron chi connectivity index (χ1n) is 8.59. The van der Waals surface area contributed by atoms with E-state index in [0.29, 0.717) is 0 Å². The average molecular weight is 395 g/mol. The van der Waals surface area contributed by atoms with Crippen LogP contribution in [0.5, 0.6) is 0 Å². The summed E-state index contributed by atoms with van der Waals surface area (Å²) in [6, 6.07) is 13.3. The molecule has 5 nitrogen and oxygen atoms in total. The molecule has 0 aliphatic heterocycles. The number of hydrogen-bond acceptors (Lipinski definition) is 4. The molecule has 1 unspecified atom stereocenters. The maximum absolute atomic E-state index is 13.0. The summed E-state index contributed by atoms with van der Waals surface area (Å²) in [6.45, 7) is 1.42. The molecule has 2 aromatic carbocycles. The van der Waals surface area contributed by atoms with Crippen LogP contribution in [0.3, 0.4) is 0 Å². The van der Waals surface area contributed by atoms with Crippen molar-refractivity contribution in [1.82, 2.24) is 5.32 Å². The molecule has 0 aliphatic rings. The molecular weight excluding hydrogens is 375 g/mol. The molecule has 1 atom stereocenters. The molecule has 1 N–H and O–H groups in total. The van der Waals surface area contributed by atoms with E-state index in [9.17, 15) is 22.8 Å². The number of ether oxygens (including phenoxy) is 2. The van der Waals surface area contributed by atoms with Gasteiger partial charge in [0.1, 0.15) is 6.61 Å². The molecule has 0 saturated carbocycles. The van der Waals surface area contributed by atoms with Gasteiger partial charge in [-0.1, -0.05) is 48.5 Å². The number of nitrogens with one attached hydrogen (secondary N) is 1. The molecule has 150 valence electrons. The zero-order valence-corrected chi connectivity index (χ0v) is 15.2. The molecule has 1 amide bonds. The number of alkyl halides is 3. The lowest BCUT2D eigenvalue weighted by Gasteiger charge is -2.18. The van der Waals surface area contributed by atoms with Crippen LogP contribution in [0.4, 0.5) is 18.0 Å². The van der Waals surface area contributed by atoms with Crippen molar-refractivity contribution in [2.75, 3.05) is 13.2 Å². The van der Waals surface area contributed by atoms with E-state index in [2.05, 4.69) is 5.32 Å². The van der Waals surface area contributed by atoms with E-state index in [4.69, 9.17) is 9.47 Å². The maximum atomic E-state index is 13.0. The summed E-state index contributed by atoms with van der Waals surface area (Å²) >= 11 is 0. The van der Waals surface area contributed by atoms with E-state index in [0.717, 1.165) is 17.7 Å². The standard InChI is InChI=1S/C20H20F3NO4/c1-2-27-18(25)17(15-9-6-10-16(11-15)20(21,22)23)12-24-19(26)28-13-14-7-4-3-5-8-14/h3-11,17H,2,12-13H2,1H3,(H,24,26). The first kappa shape index (κ1) is 21.3. The van der Waals surface area contributed by atoms with Gasteiger partial charge >= 0.3 is 18.2 Å². The Morgan fingerprint density at radius 1 is 1.04 bits per heavy atom. The number of carbonyl (C=O) groups excluding carboxylic acids is 2. The van der Waals surface area contributed by atoms with Gasteiger partial charge in [-0.3, -0.25) is 4.79 Å². The molecule has 2 rings (SSSR count). The highest BCUT2D eigenvalue weighted by molar-refractivity contribution is 5.79. The van der Waals surface area contributed by atoms with Crippen LogP contribution in [-0.2, 0) is 27.1 Å². The van der Waals surface area contributed by atoms with E-state index in [1.165, 1.54) is 12.1 Å². The van der Waals surface area contributed by atoms with Crippen LogP contribution in [0.25, 0.3) is 0 Å². The van der Waals surface area contributed by atoms with E-state index >= 15 is 0 Å². The lowest BCUT2D eigenvalue weighted by molar-refractivity contribution is -0.145. The summed E-state index contributed by atoms with van der Waals surface area (Å²) in [6.07, 6.45) is -5.33. The van der Waals surface area contributed by atoms with Crippen LogP contribution in [0, 0.1) is 0 Å². The van der Waals surface area contributed by atoms with E-state index < -0.39 is 29.7 Å². The fourth-order valence-electron chi connectivity index (χ4n) is 2.47. The Bertz CT molecular complexity index is 794. The van der Waals surface area contributed by atoms with Gasteiger partial charge in [0.25, 0.3) is 0 Å². The van der Waals surface area contributed by atoms with Crippen LogP contribution in [-0.4, -0.2) is 25.2 Å². The predicted molar refractivity (Wildman–Crippen MR) is 95.4 cm³/mol. The fourth-order valence-corrected chi connectivity index (χ4v) is 2.47. The number of esters is 1. The second-order valence-electron chi connectivity index (χ2n) is 5.87. The SMILES string of the molecule is CCOC(=O)C(CNC(=O)OCc1ccccc1)c1cccc(C(F)(F)F)c1. The third-order valence-electron chi connectivity index (χ3n) is 3.85. The van der Waals surface area contributed by atoms with Crippen molar-refractivity contribution < 1.29 is 32.2 Å². The van der Waals surface area contributed by atoms with Gasteiger partial charge in [-0.05, 0) is 24.1 Å². The number of alkyl carbamates (subject to hydrolysis) is 1. The molecule has 0 fully saturated rings. The highest BCUT2D eigenvalue weighted by Crippen LogP contribution is 2.31. The molecule has 0 spiro atoms. The van der Waals surface area contributed by atoms with Gasteiger partial charge in [-0.15, -0.1) is 0 Å². The Balaban J connectivity index is 2.05. The van der Waals surface area contributed by atoms with Gasteiger partial charge in [0, 0.05) is 6.54 Å². The van der Waals surface area contributed by atoms with Gasteiger partial charge in [0.2, 0.25) is 0 Å². The lowest BCUT2D eigenvalue weighted by Crippen LogP contribution is -2.33. The van der Waals surface area contributed by atoms with Gasteiger partial charge in [-0.25, -0.2) is 4.79 Å². The van der Waals surface area contributed by atoms with Crippen molar-refractivity contribution in [2.45, 2.75) is 25.6 Å². The van der Waals surface area contributed by atoms with Crippen LogP contribution in [0.1, 0.15) is 29.5 Å². The maximum Gasteiger partial charge on any atom is 0.416 e. The third-order valence-corrected chi connectivity index (χ3v) is 3.85. The van der Waals surface area contributed by atoms with Gasteiger partial charge in [0.15, 0.2) is 0 Å². The second kappa shape index (κ2) is 9.77. The Morgan fingerprint density at radius 2 is 1.75 bits per heavy atom. The summed E-state index contributed by atoms with van der Waals surface area (Å²) < 4.78 is 48.8. The molecule has 8 heteroatoms. The lowest BCUT2D eigenvalue weighted by atomic mass is 9.97. The largest absolute Gasteiger partial charge is 0.465 e. The number of rotatable bonds is 7. The Morgan fingerprint density at radius 3 is 2.39 bits per heavy atom. The van der Waals surface area contributed by atoms with Crippen LogP contribution in [0.2, 0.25) is 0 Å². The molecule has 0 heterocycles. The molecule has 28 heavy (non-hydrogen) atoms. The van der Waals surface area contributed by atoms with Crippen molar-refractivity contribution >= 4 is 12.1 Å². The summed E-state index contributed by atoms with van der Waals surface area (Å²) in [5.74, 6) is -1.82. The minimum Gasteiger partial charge on any atom is -0.465 e. The van der Waals surface area contributed by atoms with Crippen LogP contribution < -0.4 is 5.32 Å². The van der Waals surface area contributed by atoms with Gasteiger partial charge < -0.3 is 14.8 Å². The topological polar surface area (TPSA) is 64.6 Å². The first-order valence-corrected chi connectivity index (χ1v) is 8.59. The molecule has 2 aromatic rings. The van der Waals surface area contributed by atoms with E-state index in [1.54, 1.807) is 31.2 Å². The minimum absolute atomic E-state index is 0.0281. The summed E-state index contributed by atoms with van der Waals surface area (Å²) in [7, 11) is 0. The quantitative estimate of drug-likeness (QED) is 0.711. The monoisotopic (exact) mass is 395 g/mol. The Kier molecular flexibility index (Phi) is 7.43. The molecule has 0 bridgehead atoms. The van der Waals surface area contributed by atoms with Gasteiger partial charge in [0.05, 0.1) is 18.1 Å². The van der Waals surface area contributed by atoms with Crippen molar-refractivity contribution in [1.29, 1.82) is 0 Å². The normalized spacial score (nSPS) is 12.1. The highest BCUT2D eigenvalue weighted by Gasteiger charge is 2.32. The summed E-state index contributed by atoms with van der Waals surface area (Å²) in [5, 5.41) is 2.41. The summed E-state index contributed by atoms with van der Waals surface area (Å²) in [5.41, 5.74) is -0.0138. The van der Waals surface area contributed by atoms with Crippen molar-refractivity contribution in [3.8, 4) is 0 Å². The third kappa shape index (κ3) is 6.29. The van der Waals surface area contributed by atoms with Crippen molar-refractivity contribution in [3.05, 3.63) is 71.3 Å². The Labute approximate surface area is 160 Å². The molecule has 0 radical (unpaired) electrons. The smallest absolute Gasteiger partial charge is 0.416 e. The van der Waals surface area contributed by atoms with E-state index in [1.807, 2.05) is 6.07 Å². The van der Waals surface area contributed by atoms with Crippen LogP contribution in [0.15, 0.2) is 54.6 Å². The molecule has 0 aliphatic carbocycles. The minimum atomic E-state index is -4.54. The predicted octanol–water partition coefficient (Wildman–Crippen LogP) is 4.28. The first-order chi connectivity index (χ1) is 13.3.